The van der Waals surface area contributed by atoms with Crippen LogP contribution in [0.15, 0.2) is 0 Å². The Bertz CT molecular complexity index is 192. The van der Waals surface area contributed by atoms with Crippen molar-refractivity contribution in [1.29, 1.82) is 0 Å². The maximum absolute atomic E-state index is 11.5. The van der Waals surface area contributed by atoms with E-state index in [0.717, 1.165) is 24.3 Å². The molecule has 0 aliphatic rings. The standard InChI is InChI=1S/C17H34OS/c1-3-5-6-7-8-9-10-11-12-13-14-17(18)16-19-15-4-2/h3-16H2,1-2H3. The third-order valence-corrected chi connectivity index (χ3v) is 4.64. The summed E-state index contributed by atoms with van der Waals surface area (Å²) in [5, 5.41) is 0. The van der Waals surface area contributed by atoms with E-state index in [1.807, 2.05) is 0 Å². The van der Waals surface area contributed by atoms with Crippen molar-refractivity contribution in [3.63, 3.8) is 0 Å². The third-order valence-electron chi connectivity index (χ3n) is 3.42. The fourth-order valence-electron chi connectivity index (χ4n) is 2.21. The van der Waals surface area contributed by atoms with Crippen LogP contribution in [0.5, 0.6) is 0 Å². The second kappa shape index (κ2) is 16.1. The van der Waals surface area contributed by atoms with Crippen molar-refractivity contribution in [3.8, 4) is 0 Å². The number of Topliss-reactive ketones (excluding diaryl/α,β-unsaturated/α-hetero) is 1. The van der Waals surface area contributed by atoms with Crippen molar-refractivity contribution in [2.75, 3.05) is 11.5 Å². The minimum absolute atomic E-state index is 0.456. The molecule has 0 spiro atoms. The zero-order valence-electron chi connectivity index (χ0n) is 13.2. The van der Waals surface area contributed by atoms with E-state index in [1.165, 1.54) is 64.2 Å². The first-order chi connectivity index (χ1) is 9.31. The van der Waals surface area contributed by atoms with E-state index in [-0.39, 0.29) is 0 Å². The molecule has 0 aromatic carbocycles. The Morgan fingerprint density at radius 2 is 1.26 bits per heavy atom. The van der Waals surface area contributed by atoms with Gasteiger partial charge in [0.05, 0.1) is 5.75 Å². The molecule has 114 valence electrons. The lowest BCUT2D eigenvalue weighted by atomic mass is 10.1. The lowest BCUT2D eigenvalue weighted by Crippen LogP contribution is -2.01. The molecule has 0 unspecified atom stereocenters. The first kappa shape index (κ1) is 19.0. The van der Waals surface area contributed by atoms with Gasteiger partial charge in [0.1, 0.15) is 5.78 Å². The molecular formula is C17H34OS. The lowest BCUT2D eigenvalue weighted by Gasteiger charge is -2.02. The highest BCUT2D eigenvalue weighted by Crippen LogP contribution is 2.12. The Hall–Kier alpha value is 0.0200. The van der Waals surface area contributed by atoms with Crippen molar-refractivity contribution in [2.45, 2.75) is 90.9 Å². The summed E-state index contributed by atoms with van der Waals surface area (Å²) in [5.41, 5.74) is 0. The van der Waals surface area contributed by atoms with Crippen molar-refractivity contribution in [1.82, 2.24) is 0 Å². The Kier molecular flexibility index (Phi) is 16.1. The highest BCUT2D eigenvalue weighted by atomic mass is 32.2. The quantitative estimate of drug-likeness (QED) is 0.343. The predicted molar refractivity (Wildman–Crippen MR) is 89.1 cm³/mol. The summed E-state index contributed by atoms with van der Waals surface area (Å²) in [5.74, 6) is 2.33. The second-order valence-electron chi connectivity index (χ2n) is 5.52. The molecule has 2 heteroatoms. The highest BCUT2D eigenvalue weighted by molar-refractivity contribution is 7.99. The van der Waals surface area contributed by atoms with Crippen LogP contribution in [0.25, 0.3) is 0 Å². The molecule has 0 aromatic rings. The third kappa shape index (κ3) is 16.0. The van der Waals surface area contributed by atoms with Crippen LogP contribution in [0.1, 0.15) is 90.9 Å². The van der Waals surface area contributed by atoms with Crippen LogP contribution in [0.3, 0.4) is 0 Å². The van der Waals surface area contributed by atoms with Gasteiger partial charge in [-0.1, -0.05) is 71.6 Å². The lowest BCUT2D eigenvalue weighted by molar-refractivity contribution is -0.116. The highest BCUT2D eigenvalue weighted by Gasteiger charge is 2.01. The minimum Gasteiger partial charge on any atom is -0.299 e. The van der Waals surface area contributed by atoms with E-state index in [0.29, 0.717) is 5.78 Å². The molecular weight excluding hydrogens is 252 g/mol. The van der Waals surface area contributed by atoms with E-state index >= 15 is 0 Å². The van der Waals surface area contributed by atoms with Crippen molar-refractivity contribution >= 4 is 17.5 Å². The molecule has 0 saturated heterocycles. The fraction of sp³-hybridized carbons (Fsp3) is 0.941. The van der Waals surface area contributed by atoms with Gasteiger partial charge in [0.25, 0.3) is 0 Å². The number of thioether (sulfide) groups is 1. The molecule has 0 rings (SSSR count). The molecule has 0 saturated carbocycles. The van der Waals surface area contributed by atoms with E-state index in [2.05, 4.69) is 13.8 Å². The van der Waals surface area contributed by atoms with Gasteiger partial charge in [0.2, 0.25) is 0 Å². The number of hydrogen-bond acceptors (Lipinski definition) is 2. The molecule has 0 radical (unpaired) electrons. The first-order valence-electron chi connectivity index (χ1n) is 8.40. The van der Waals surface area contributed by atoms with Gasteiger partial charge in [-0.2, -0.15) is 11.8 Å². The average Bonchev–Trinajstić information content (AvgIpc) is 2.41. The Balaban J connectivity index is 3.07. The molecule has 0 amide bonds. The first-order valence-corrected chi connectivity index (χ1v) is 9.56. The maximum Gasteiger partial charge on any atom is 0.142 e. The van der Waals surface area contributed by atoms with Crippen LogP contribution < -0.4 is 0 Å². The van der Waals surface area contributed by atoms with Crippen molar-refractivity contribution < 1.29 is 4.79 Å². The summed E-state index contributed by atoms with van der Waals surface area (Å²) < 4.78 is 0. The van der Waals surface area contributed by atoms with Gasteiger partial charge in [0.15, 0.2) is 0 Å². The van der Waals surface area contributed by atoms with Gasteiger partial charge >= 0.3 is 0 Å². The fourth-order valence-corrected chi connectivity index (χ4v) is 3.02. The van der Waals surface area contributed by atoms with Gasteiger partial charge in [-0.05, 0) is 18.6 Å². The van der Waals surface area contributed by atoms with E-state index in [4.69, 9.17) is 0 Å². The number of ketones is 1. The SMILES string of the molecule is CCCCCCCCCCCCC(=O)CSCCC. The predicted octanol–water partition coefficient (Wildman–Crippen LogP) is 6.01. The summed E-state index contributed by atoms with van der Waals surface area (Å²) in [6.45, 7) is 4.43. The zero-order valence-corrected chi connectivity index (χ0v) is 14.0. The van der Waals surface area contributed by atoms with E-state index in [9.17, 15) is 4.79 Å². The normalized spacial score (nSPS) is 10.8. The number of hydrogen-bond donors (Lipinski definition) is 0. The molecule has 0 aliphatic heterocycles. The summed E-state index contributed by atoms with van der Waals surface area (Å²) in [7, 11) is 0. The Labute approximate surface area is 125 Å². The van der Waals surface area contributed by atoms with E-state index in [1.54, 1.807) is 11.8 Å². The van der Waals surface area contributed by atoms with Crippen LogP contribution in [-0.4, -0.2) is 17.3 Å². The molecule has 19 heavy (non-hydrogen) atoms. The van der Waals surface area contributed by atoms with Gasteiger partial charge < -0.3 is 0 Å². The monoisotopic (exact) mass is 286 g/mol. The van der Waals surface area contributed by atoms with Crippen LogP contribution in [0, 0.1) is 0 Å². The number of carbonyl (C=O) groups excluding carboxylic acids is 1. The average molecular weight is 287 g/mol. The molecule has 1 nitrogen and oxygen atoms in total. The van der Waals surface area contributed by atoms with E-state index < -0.39 is 0 Å². The van der Waals surface area contributed by atoms with Gasteiger partial charge in [0, 0.05) is 6.42 Å². The molecule has 0 bridgehead atoms. The van der Waals surface area contributed by atoms with Crippen LogP contribution in [0.4, 0.5) is 0 Å². The molecule has 0 atom stereocenters. The number of unbranched alkanes of at least 4 members (excludes halogenated alkanes) is 9. The molecule has 0 N–H and O–H groups in total. The second-order valence-corrected chi connectivity index (χ2v) is 6.63. The van der Waals surface area contributed by atoms with Crippen molar-refractivity contribution in [2.24, 2.45) is 0 Å². The number of carbonyl (C=O) groups is 1. The van der Waals surface area contributed by atoms with Crippen LogP contribution in [-0.2, 0) is 4.79 Å². The van der Waals surface area contributed by atoms with Gasteiger partial charge in [-0.3, -0.25) is 4.79 Å². The Morgan fingerprint density at radius 1 is 0.737 bits per heavy atom. The smallest absolute Gasteiger partial charge is 0.142 e. The minimum atomic E-state index is 0.456. The summed E-state index contributed by atoms with van der Waals surface area (Å²) in [4.78, 5) is 11.5. The van der Waals surface area contributed by atoms with Crippen LogP contribution in [0.2, 0.25) is 0 Å². The maximum atomic E-state index is 11.5. The summed E-state index contributed by atoms with van der Waals surface area (Å²) in [6.07, 6.45) is 15.4. The van der Waals surface area contributed by atoms with Crippen molar-refractivity contribution in [3.05, 3.63) is 0 Å². The molecule has 0 aliphatic carbocycles. The topological polar surface area (TPSA) is 17.1 Å². The molecule has 0 heterocycles. The zero-order chi connectivity index (χ0) is 14.2. The van der Waals surface area contributed by atoms with Gasteiger partial charge in [-0.15, -0.1) is 0 Å². The number of rotatable bonds is 15. The Morgan fingerprint density at radius 3 is 1.79 bits per heavy atom. The van der Waals surface area contributed by atoms with Gasteiger partial charge in [-0.25, -0.2) is 0 Å². The van der Waals surface area contributed by atoms with Crippen LogP contribution >= 0.6 is 11.8 Å². The summed E-state index contributed by atoms with van der Waals surface area (Å²) >= 11 is 1.79. The molecule has 0 aromatic heterocycles. The largest absolute Gasteiger partial charge is 0.299 e. The molecule has 0 fully saturated rings. The summed E-state index contributed by atoms with van der Waals surface area (Å²) in [6, 6.07) is 0.